The van der Waals surface area contributed by atoms with Crippen molar-refractivity contribution in [2.45, 2.75) is 0 Å². The number of benzene rings is 2. The SMILES string of the molecule is COc1cc(Oc2ccccc2F)c(F)cc1N. The van der Waals surface area contributed by atoms with Gasteiger partial charge in [0.15, 0.2) is 23.1 Å². The molecule has 0 aliphatic carbocycles. The van der Waals surface area contributed by atoms with E-state index in [0.29, 0.717) is 0 Å². The van der Waals surface area contributed by atoms with Gasteiger partial charge in [0.1, 0.15) is 5.75 Å². The molecule has 0 saturated carbocycles. The summed E-state index contributed by atoms with van der Waals surface area (Å²) in [5.74, 6) is -1.21. The highest BCUT2D eigenvalue weighted by Gasteiger charge is 2.12. The van der Waals surface area contributed by atoms with Crippen LogP contribution in [-0.4, -0.2) is 7.11 Å². The summed E-state index contributed by atoms with van der Waals surface area (Å²) >= 11 is 0. The summed E-state index contributed by atoms with van der Waals surface area (Å²) in [5.41, 5.74) is 5.68. The molecule has 94 valence electrons. The van der Waals surface area contributed by atoms with Gasteiger partial charge in [-0.05, 0) is 12.1 Å². The maximum atomic E-state index is 13.6. The normalized spacial score (nSPS) is 10.2. The second-order valence-corrected chi connectivity index (χ2v) is 3.56. The summed E-state index contributed by atoms with van der Waals surface area (Å²) < 4.78 is 37.1. The standard InChI is InChI=1S/C13H11F2NO2/c1-17-13-7-12(9(15)6-10(13)16)18-11-5-3-2-4-8(11)14/h2-7H,16H2,1H3. The largest absolute Gasteiger partial charge is 0.494 e. The van der Waals surface area contributed by atoms with Gasteiger partial charge in [0, 0.05) is 12.1 Å². The van der Waals surface area contributed by atoms with E-state index in [0.717, 1.165) is 6.07 Å². The number of hydrogen-bond acceptors (Lipinski definition) is 3. The quantitative estimate of drug-likeness (QED) is 0.851. The minimum Gasteiger partial charge on any atom is -0.494 e. The van der Waals surface area contributed by atoms with Crippen molar-refractivity contribution in [2.75, 3.05) is 12.8 Å². The van der Waals surface area contributed by atoms with E-state index in [1.807, 2.05) is 0 Å². The zero-order chi connectivity index (χ0) is 13.1. The van der Waals surface area contributed by atoms with Gasteiger partial charge in [-0.2, -0.15) is 0 Å². The van der Waals surface area contributed by atoms with Crippen LogP contribution in [0.5, 0.6) is 17.2 Å². The number of nitrogen functional groups attached to an aromatic ring is 1. The molecule has 0 fully saturated rings. The molecule has 0 heterocycles. The van der Waals surface area contributed by atoms with Gasteiger partial charge in [0.05, 0.1) is 12.8 Å². The Morgan fingerprint density at radius 1 is 0.944 bits per heavy atom. The fraction of sp³-hybridized carbons (Fsp3) is 0.0769. The predicted molar refractivity (Wildman–Crippen MR) is 63.8 cm³/mol. The highest BCUT2D eigenvalue weighted by molar-refractivity contribution is 5.56. The molecule has 0 unspecified atom stereocenters. The number of methoxy groups -OCH3 is 1. The van der Waals surface area contributed by atoms with Crippen molar-refractivity contribution in [2.24, 2.45) is 0 Å². The van der Waals surface area contributed by atoms with Gasteiger partial charge in [-0.3, -0.25) is 0 Å². The molecular formula is C13H11F2NO2. The van der Waals surface area contributed by atoms with Gasteiger partial charge in [-0.15, -0.1) is 0 Å². The Hall–Kier alpha value is -2.30. The molecule has 0 bridgehead atoms. The van der Waals surface area contributed by atoms with Crippen LogP contribution in [0.25, 0.3) is 0 Å². The molecule has 0 atom stereocenters. The summed E-state index contributed by atoms with van der Waals surface area (Å²) in [7, 11) is 1.40. The third-order valence-electron chi connectivity index (χ3n) is 2.34. The Balaban J connectivity index is 2.38. The number of ether oxygens (including phenoxy) is 2. The van der Waals surface area contributed by atoms with Crippen LogP contribution in [-0.2, 0) is 0 Å². The van der Waals surface area contributed by atoms with Crippen molar-refractivity contribution in [3.05, 3.63) is 48.0 Å². The van der Waals surface area contributed by atoms with Crippen molar-refractivity contribution in [1.29, 1.82) is 0 Å². The molecule has 3 nitrogen and oxygen atoms in total. The van der Waals surface area contributed by atoms with Gasteiger partial charge in [-0.25, -0.2) is 8.78 Å². The molecule has 2 aromatic rings. The lowest BCUT2D eigenvalue weighted by Crippen LogP contribution is -1.97. The fourth-order valence-electron chi connectivity index (χ4n) is 1.45. The Kier molecular flexibility index (Phi) is 3.32. The third kappa shape index (κ3) is 2.34. The van der Waals surface area contributed by atoms with E-state index in [-0.39, 0.29) is 22.9 Å². The Morgan fingerprint density at radius 3 is 2.33 bits per heavy atom. The number of rotatable bonds is 3. The second-order valence-electron chi connectivity index (χ2n) is 3.56. The van der Waals surface area contributed by atoms with Gasteiger partial charge in [-0.1, -0.05) is 12.1 Å². The Morgan fingerprint density at radius 2 is 1.67 bits per heavy atom. The molecule has 0 aromatic heterocycles. The summed E-state index contributed by atoms with van der Waals surface area (Å²) in [6, 6.07) is 8.07. The summed E-state index contributed by atoms with van der Waals surface area (Å²) in [6.07, 6.45) is 0. The lowest BCUT2D eigenvalue weighted by molar-refractivity contribution is 0.394. The van der Waals surface area contributed by atoms with Crippen LogP contribution in [0.1, 0.15) is 0 Å². The van der Waals surface area contributed by atoms with E-state index >= 15 is 0 Å². The molecule has 0 amide bonds. The van der Waals surface area contributed by atoms with E-state index in [1.165, 1.54) is 31.4 Å². The van der Waals surface area contributed by atoms with Gasteiger partial charge < -0.3 is 15.2 Å². The van der Waals surface area contributed by atoms with Crippen LogP contribution in [0.15, 0.2) is 36.4 Å². The van der Waals surface area contributed by atoms with Crippen molar-refractivity contribution in [3.8, 4) is 17.2 Å². The summed E-state index contributed by atoms with van der Waals surface area (Å²) in [5, 5.41) is 0. The number of anilines is 1. The zero-order valence-corrected chi connectivity index (χ0v) is 9.61. The summed E-state index contributed by atoms with van der Waals surface area (Å²) in [6.45, 7) is 0. The van der Waals surface area contributed by atoms with Crippen LogP contribution in [0.3, 0.4) is 0 Å². The molecule has 2 N–H and O–H groups in total. The first-order chi connectivity index (χ1) is 8.61. The van der Waals surface area contributed by atoms with Gasteiger partial charge >= 0.3 is 0 Å². The molecular weight excluding hydrogens is 240 g/mol. The smallest absolute Gasteiger partial charge is 0.168 e. The highest BCUT2D eigenvalue weighted by Crippen LogP contribution is 2.33. The molecule has 18 heavy (non-hydrogen) atoms. The molecule has 0 aliphatic rings. The first-order valence-electron chi connectivity index (χ1n) is 5.17. The summed E-state index contributed by atoms with van der Waals surface area (Å²) in [4.78, 5) is 0. The van der Waals surface area contributed by atoms with Crippen LogP contribution < -0.4 is 15.2 Å². The fourth-order valence-corrected chi connectivity index (χ4v) is 1.45. The van der Waals surface area contributed by atoms with Gasteiger partial charge in [0.2, 0.25) is 0 Å². The molecule has 5 heteroatoms. The lowest BCUT2D eigenvalue weighted by Gasteiger charge is -2.10. The van der Waals surface area contributed by atoms with Crippen LogP contribution in [0, 0.1) is 11.6 Å². The number of para-hydroxylation sites is 1. The monoisotopic (exact) mass is 251 g/mol. The minimum absolute atomic E-state index is 0.0665. The maximum Gasteiger partial charge on any atom is 0.168 e. The average molecular weight is 251 g/mol. The first kappa shape index (κ1) is 12.2. The zero-order valence-electron chi connectivity index (χ0n) is 9.61. The number of hydrogen-bond donors (Lipinski definition) is 1. The molecule has 0 spiro atoms. The van der Waals surface area contributed by atoms with Gasteiger partial charge in [0.25, 0.3) is 0 Å². The van der Waals surface area contributed by atoms with E-state index in [2.05, 4.69) is 0 Å². The number of halogens is 2. The minimum atomic E-state index is -0.684. The van der Waals surface area contributed by atoms with Crippen molar-refractivity contribution < 1.29 is 18.3 Å². The Bertz CT molecular complexity index is 573. The highest BCUT2D eigenvalue weighted by atomic mass is 19.1. The first-order valence-corrected chi connectivity index (χ1v) is 5.17. The molecule has 0 radical (unpaired) electrons. The Labute approximate surface area is 103 Å². The topological polar surface area (TPSA) is 44.5 Å². The van der Waals surface area contributed by atoms with E-state index in [9.17, 15) is 8.78 Å². The van der Waals surface area contributed by atoms with E-state index < -0.39 is 11.6 Å². The van der Waals surface area contributed by atoms with Crippen LogP contribution in [0.2, 0.25) is 0 Å². The maximum absolute atomic E-state index is 13.6. The average Bonchev–Trinajstić information content (AvgIpc) is 2.35. The van der Waals surface area contributed by atoms with Crippen LogP contribution >= 0.6 is 0 Å². The van der Waals surface area contributed by atoms with Crippen LogP contribution in [0.4, 0.5) is 14.5 Å². The van der Waals surface area contributed by atoms with Crippen molar-refractivity contribution in [1.82, 2.24) is 0 Å². The van der Waals surface area contributed by atoms with Crippen molar-refractivity contribution in [3.63, 3.8) is 0 Å². The van der Waals surface area contributed by atoms with E-state index in [1.54, 1.807) is 6.07 Å². The second kappa shape index (κ2) is 4.91. The molecule has 0 saturated heterocycles. The van der Waals surface area contributed by atoms with E-state index in [4.69, 9.17) is 15.2 Å². The lowest BCUT2D eigenvalue weighted by atomic mass is 10.2. The predicted octanol–water partition coefficient (Wildman–Crippen LogP) is 3.35. The molecule has 2 aromatic carbocycles. The molecule has 2 rings (SSSR count). The number of nitrogens with two attached hydrogens (primary N) is 1. The third-order valence-corrected chi connectivity index (χ3v) is 2.34. The van der Waals surface area contributed by atoms with Crippen molar-refractivity contribution >= 4 is 5.69 Å². The molecule has 0 aliphatic heterocycles.